The number of carboxylic acid groups (broad SMARTS) is 1. The SMILES string of the molecule is N#C/C(=C/Nc1ccccc1C(N)=O)C(=O)NCC(=O)O. The highest BCUT2D eigenvalue weighted by molar-refractivity contribution is 6.00. The highest BCUT2D eigenvalue weighted by atomic mass is 16.4. The smallest absolute Gasteiger partial charge is 0.322 e. The highest BCUT2D eigenvalue weighted by Crippen LogP contribution is 2.14. The number of nitrogens with two attached hydrogens (primary N) is 1. The molecule has 8 heteroatoms. The van der Waals surface area contributed by atoms with Crippen LogP contribution in [0, 0.1) is 11.3 Å². The quantitative estimate of drug-likeness (QED) is 0.421. The summed E-state index contributed by atoms with van der Waals surface area (Å²) in [6.07, 6.45) is 1.07. The fourth-order valence-corrected chi connectivity index (χ4v) is 1.37. The van der Waals surface area contributed by atoms with Crippen molar-refractivity contribution in [3.05, 3.63) is 41.6 Å². The number of amides is 2. The number of nitrogens with one attached hydrogen (secondary N) is 2. The normalized spacial score (nSPS) is 10.3. The summed E-state index contributed by atoms with van der Waals surface area (Å²) in [5.41, 5.74) is 5.36. The molecule has 0 spiro atoms. The summed E-state index contributed by atoms with van der Waals surface area (Å²) in [5.74, 6) is -2.74. The third kappa shape index (κ3) is 4.68. The Labute approximate surface area is 119 Å². The van der Waals surface area contributed by atoms with E-state index >= 15 is 0 Å². The van der Waals surface area contributed by atoms with Crippen LogP contribution >= 0.6 is 0 Å². The summed E-state index contributed by atoms with van der Waals surface area (Å²) in [7, 11) is 0. The van der Waals surface area contributed by atoms with Crippen LogP contribution in [-0.2, 0) is 9.59 Å². The molecule has 5 N–H and O–H groups in total. The van der Waals surface area contributed by atoms with Crippen molar-refractivity contribution in [1.29, 1.82) is 5.26 Å². The van der Waals surface area contributed by atoms with E-state index in [9.17, 15) is 14.4 Å². The van der Waals surface area contributed by atoms with Crippen molar-refractivity contribution in [3.8, 4) is 6.07 Å². The molecule has 0 saturated carbocycles. The van der Waals surface area contributed by atoms with Gasteiger partial charge in [0.25, 0.3) is 11.8 Å². The molecule has 108 valence electrons. The Morgan fingerprint density at radius 1 is 1.33 bits per heavy atom. The lowest BCUT2D eigenvalue weighted by molar-refractivity contribution is -0.137. The van der Waals surface area contributed by atoms with Crippen LogP contribution in [0.2, 0.25) is 0 Å². The minimum atomic E-state index is -1.23. The molecule has 0 radical (unpaired) electrons. The van der Waals surface area contributed by atoms with E-state index in [1.807, 2.05) is 5.32 Å². The van der Waals surface area contributed by atoms with Crippen molar-refractivity contribution in [3.63, 3.8) is 0 Å². The zero-order valence-corrected chi connectivity index (χ0v) is 10.8. The van der Waals surface area contributed by atoms with Crippen molar-refractivity contribution in [1.82, 2.24) is 5.32 Å². The Morgan fingerprint density at radius 3 is 2.57 bits per heavy atom. The number of anilines is 1. The zero-order valence-electron chi connectivity index (χ0n) is 10.8. The Bertz CT molecular complexity index is 646. The van der Waals surface area contributed by atoms with Crippen LogP contribution < -0.4 is 16.4 Å². The van der Waals surface area contributed by atoms with Gasteiger partial charge in [-0.25, -0.2) is 0 Å². The summed E-state index contributed by atoms with van der Waals surface area (Å²) in [4.78, 5) is 33.1. The maximum Gasteiger partial charge on any atom is 0.322 e. The second-order valence-corrected chi connectivity index (χ2v) is 3.80. The predicted octanol–water partition coefficient (Wildman–Crippen LogP) is -0.194. The summed E-state index contributed by atoms with van der Waals surface area (Å²) < 4.78 is 0. The average Bonchev–Trinajstić information content (AvgIpc) is 2.45. The summed E-state index contributed by atoms with van der Waals surface area (Å²) in [5, 5.41) is 22.0. The molecule has 1 aromatic carbocycles. The number of primary amides is 1. The Hall–Kier alpha value is -3.34. The fourth-order valence-electron chi connectivity index (χ4n) is 1.37. The lowest BCUT2D eigenvalue weighted by atomic mass is 10.1. The number of carbonyl (C=O) groups is 3. The third-order valence-corrected chi connectivity index (χ3v) is 2.33. The molecule has 0 aliphatic carbocycles. The molecule has 0 unspecified atom stereocenters. The van der Waals surface area contributed by atoms with Gasteiger partial charge in [0, 0.05) is 6.20 Å². The minimum absolute atomic E-state index is 0.192. The number of hydrogen-bond acceptors (Lipinski definition) is 5. The molecule has 0 aromatic heterocycles. The zero-order chi connectivity index (χ0) is 15.8. The first-order chi connectivity index (χ1) is 9.95. The van der Waals surface area contributed by atoms with E-state index in [0.717, 1.165) is 6.20 Å². The van der Waals surface area contributed by atoms with Gasteiger partial charge < -0.3 is 21.5 Å². The van der Waals surface area contributed by atoms with Gasteiger partial charge in [0.05, 0.1) is 11.3 Å². The van der Waals surface area contributed by atoms with Gasteiger partial charge in [-0.1, -0.05) is 12.1 Å². The number of para-hydroxylation sites is 1. The van der Waals surface area contributed by atoms with Crippen molar-refractivity contribution >= 4 is 23.5 Å². The molecular formula is C13H12N4O4. The molecule has 1 rings (SSSR count). The molecule has 0 aliphatic rings. The van der Waals surface area contributed by atoms with Gasteiger partial charge in [0.15, 0.2) is 0 Å². The second-order valence-electron chi connectivity index (χ2n) is 3.80. The monoisotopic (exact) mass is 288 g/mol. The summed E-state index contributed by atoms with van der Waals surface area (Å²) in [6.45, 7) is -0.601. The van der Waals surface area contributed by atoms with Crippen LogP contribution in [0.4, 0.5) is 5.69 Å². The molecule has 2 amide bonds. The largest absolute Gasteiger partial charge is 0.480 e. The van der Waals surface area contributed by atoms with E-state index in [1.54, 1.807) is 24.3 Å². The second kappa shape index (κ2) is 7.30. The van der Waals surface area contributed by atoms with E-state index in [4.69, 9.17) is 16.1 Å². The maximum atomic E-state index is 11.5. The standard InChI is InChI=1S/C13H12N4O4/c14-5-8(13(21)17-7-11(18)19)6-16-10-4-2-1-3-9(10)12(15)20/h1-4,6,16H,7H2,(H2,15,20)(H,17,21)(H,18,19)/b8-6-. The molecule has 0 saturated heterocycles. The van der Waals surface area contributed by atoms with E-state index in [2.05, 4.69) is 5.32 Å². The predicted molar refractivity (Wildman–Crippen MR) is 72.9 cm³/mol. The highest BCUT2D eigenvalue weighted by Gasteiger charge is 2.11. The number of carboxylic acids is 1. The van der Waals surface area contributed by atoms with E-state index in [-0.39, 0.29) is 11.1 Å². The summed E-state index contributed by atoms with van der Waals surface area (Å²) in [6, 6.07) is 7.89. The van der Waals surface area contributed by atoms with Crippen LogP contribution in [0.5, 0.6) is 0 Å². The number of rotatable bonds is 6. The first-order valence-electron chi connectivity index (χ1n) is 5.71. The molecule has 8 nitrogen and oxygen atoms in total. The van der Waals surface area contributed by atoms with Crippen molar-refractivity contribution in [2.75, 3.05) is 11.9 Å². The molecule has 0 atom stereocenters. The lowest BCUT2D eigenvalue weighted by Crippen LogP contribution is -2.30. The third-order valence-electron chi connectivity index (χ3n) is 2.33. The Morgan fingerprint density at radius 2 is 2.00 bits per heavy atom. The summed E-state index contributed by atoms with van der Waals surface area (Å²) >= 11 is 0. The molecule has 0 fully saturated rings. The number of aliphatic carboxylic acids is 1. The van der Waals surface area contributed by atoms with Gasteiger partial charge >= 0.3 is 5.97 Å². The minimum Gasteiger partial charge on any atom is -0.480 e. The van der Waals surface area contributed by atoms with Crippen molar-refractivity contribution < 1.29 is 19.5 Å². The van der Waals surface area contributed by atoms with E-state index < -0.39 is 24.3 Å². The van der Waals surface area contributed by atoms with Crippen LogP contribution in [0.1, 0.15) is 10.4 Å². The van der Waals surface area contributed by atoms with Crippen LogP contribution in [-0.4, -0.2) is 29.4 Å². The number of nitriles is 1. The molecule has 1 aromatic rings. The molecular weight excluding hydrogens is 276 g/mol. The van der Waals surface area contributed by atoms with Gasteiger partial charge in [-0.3, -0.25) is 14.4 Å². The van der Waals surface area contributed by atoms with Gasteiger partial charge in [-0.05, 0) is 12.1 Å². The fraction of sp³-hybridized carbons (Fsp3) is 0.0769. The van der Waals surface area contributed by atoms with Gasteiger partial charge in [-0.15, -0.1) is 0 Å². The van der Waals surface area contributed by atoms with Gasteiger partial charge in [0.1, 0.15) is 18.2 Å². The molecule has 0 aliphatic heterocycles. The molecule has 21 heavy (non-hydrogen) atoms. The topological polar surface area (TPSA) is 145 Å². The first-order valence-corrected chi connectivity index (χ1v) is 5.71. The van der Waals surface area contributed by atoms with Crippen molar-refractivity contribution in [2.45, 2.75) is 0 Å². The van der Waals surface area contributed by atoms with Crippen molar-refractivity contribution in [2.24, 2.45) is 5.73 Å². The molecule has 0 bridgehead atoms. The van der Waals surface area contributed by atoms with E-state index in [1.165, 1.54) is 6.07 Å². The lowest BCUT2D eigenvalue weighted by Gasteiger charge is -2.06. The number of carbonyl (C=O) groups excluding carboxylic acids is 2. The number of hydrogen-bond donors (Lipinski definition) is 4. The van der Waals surface area contributed by atoms with Gasteiger partial charge in [-0.2, -0.15) is 5.26 Å². The van der Waals surface area contributed by atoms with E-state index in [0.29, 0.717) is 5.69 Å². The maximum absolute atomic E-state index is 11.5. The number of nitrogens with zero attached hydrogens (tertiary/aromatic N) is 1. The van der Waals surface area contributed by atoms with Crippen LogP contribution in [0.3, 0.4) is 0 Å². The van der Waals surface area contributed by atoms with Gasteiger partial charge in [0.2, 0.25) is 0 Å². The Balaban J connectivity index is 2.87. The van der Waals surface area contributed by atoms with Crippen LogP contribution in [0.25, 0.3) is 0 Å². The number of benzene rings is 1. The average molecular weight is 288 g/mol. The van der Waals surface area contributed by atoms with Crippen LogP contribution in [0.15, 0.2) is 36.0 Å². The molecule has 0 heterocycles. The Kier molecular flexibility index (Phi) is 5.46. The first kappa shape index (κ1) is 15.7.